The van der Waals surface area contributed by atoms with Gasteiger partial charge in [-0.3, -0.25) is 0 Å². The minimum absolute atomic E-state index is 0.507. The topological polar surface area (TPSA) is 62.3 Å². The maximum absolute atomic E-state index is 6.18. The summed E-state index contributed by atoms with van der Waals surface area (Å²) in [5.41, 5.74) is 7.46. The van der Waals surface area contributed by atoms with E-state index in [-0.39, 0.29) is 0 Å². The quantitative estimate of drug-likeness (QED) is 0.858. The van der Waals surface area contributed by atoms with Crippen LogP contribution in [0.3, 0.4) is 0 Å². The molecular formula is C12H12ClN3O2. The predicted octanol–water partition coefficient (Wildman–Crippen LogP) is 2.09. The highest BCUT2D eigenvalue weighted by Crippen LogP contribution is 2.41. The Labute approximate surface area is 109 Å². The van der Waals surface area contributed by atoms with Gasteiger partial charge in [-0.15, -0.1) is 0 Å². The third-order valence-corrected chi connectivity index (χ3v) is 3.13. The van der Waals surface area contributed by atoms with Crippen LogP contribution in [0.15, 0.2) is 18.5 Å². The Kier molecular flexibility index (Phi) is 2.56. The van der Waals surface area contributed by atoms with Crippen LogP contribution in [0.25, 0.3) is 11.3 Å². The largest absolute Gasteiger partial charge is 0.486 e. The van der Waals surface area contributed by atoms with Gasteiger partial charge in [0.2, 0.25) is 0 Å². The molecule has 1 aromatic heterocycles. The molecule has 1 aliphatic rings. The van der Waals surface area contributed by atoms with Crippen molar-refractivity contribution in [3.63, 3.8) is 0 Å². The average molecular weight is 266 g/mol. The van der Waals surface area contributed by atoms with E-state index >= 15 is 0 Å². The van der Waals surface area contributed by atoms with Crippen LogP contribution in [-0.4, -0.2) is 22.8 Å². The van der Waals surface area contributed by atoms with Gasteiger partial charge < -0.3 is 19.8 Å². The first-order valence-corrected chi connectivity index (χ1v) is 5.91. The summed E-state index contributed by atoms with van der Waals surface area (Å²) < 4.78 is 12.7. The zero-order chi connectivity index (χ0) is 12.7. The summed E-state index contributed by atoms with van der Waals surface area (Å²) in [6.07, 6.45) is 1.66. The van der Waals surface area contributed by atoms with Gasteiger partial charge in [0.05, 0.1) is 11.3 Å². The van der Waals surface area contributed by atoms with E-state index in [1.807, 2.05) is 13.1 Å². The predicted molar refractivity (Wildman–Crippen MR) is 69.1 cm³/mol. The molecule has 0 saturated carbocycles. The van der Waals surface area contributed by atoms with Gasteiger partial charge in [0.15, 0.2) is 11.5 Å². The summed E-state index contributed by atoms with van der Waals surface area (Å²) in [6.45, 7) is 1.03. The molecule has 5 nitrogen and oxygen atoms in total. The van der Waals surface area contributed by atoms with Crippen LogP contribution in [0.4, 0.5) is 5.82 Å². The van der Waals surface area contributed by atoms with E-state index < -0.39 is 0 Å². The first kappa shape index (κ1) is 11.2. The third-order valence-electron chi connectivity index (χ3n) is 2.85. The SMILES string of the molecule is Cn1cnc(-c2cc(Cl)c3c(c2)OCCO3)c1N. The van der Waals surface area contributed by atoms with Crippen LogP contribution in [0.1, 0.15) is 0 Å². The Morgan fingerprint density at radius 1 is 1.33 bits per heavy atom. The highest BCUT2D eigenvalue weighted by atomic mass is 35.5. The van der Waals surface area contributed by atoms with Gasteiger partial charge in [0.25, 0.3) is 0 Å². The van der Waals surface area contributed by atoms with Crippen LogP contribution < -0.4 is 15.2 Å². The standard InChI is InChI=1S/C12H12ClN3O2/c1-16-6-15-10(12(16)14)7-4-8(13)11-9(5-7)17-2-3-18-11/h4-6H,2-3,14H2,1H3. The normalized spacial score (nSPS) is 13.7. The second-order valence-electron chi connectivity index (χ2n) is 4.07. The minimum atomic E-state index is 0.507. The number of anilines is 1. The van der Waals surface area contributed by atoms with Crippen LogP contribution in [-0.2, 0) is 7.05 Å². The molecule has 0 amide bonds. The van der Waals surface area contributed by atoms with Crippen molar-refractivity contribution in [2.24, 2.45) is 7.05 Å². The summed E-state index contributed by atoms with van der Waals surface area (Å²) in [5.74, 6) is 1.80. The van der Waals surface area contributed by atoms with Gasteiger partial charge >= 0.3 is 0 Å². The molecule has 94 valence electrons. The Bertz CT molecular complexity index is 610. The molecule has 0 fully saturated rings. The van der Waals surface area contributed by atoms with Gasteiger partial charge in [-0.1, -0.05) is 11.6 Å². The third kappa shape index (κ3) is 1.67. The van der Waals surface area contributed by atoms with E-state index in [2.05, 4.69) is 4.98 Å². The number of halogens is 1. The van der Waals surface area contributed by atoms with Gasteiger partial charge in [-0.2, -0.15) is 0 Å². The van der Waals surface area contributed by atoms with Gasteiger partial charge in [0.1, 0.15) is 24.7 Å². The molecule has 2 N–H and O–H groups in total. The molecule has 2 aromatic rings. The smallest absolute Gasteiger partial charge is 0.179 e. The van der Waals surface area contributed by atoms with Crippen molar-refractivity contribution in [1.29, 1.82) is 0 Å². The highest BCUT2D eigenvalue weighted by Gasteiger charge is 2.19. The Balaban J connectivity index is 2.14. The molecule has 1 aliphatic heterocycles. The van der Waals surface area contributed by atoms with Crippen molar-refractivity contribution in [2.75, 3.05) is 18.9 Å². The highest BCUT2D eigenvalue weighted by molar-refractivity contribution is 6.32. The molecule has 18 heavy (non-hydrogen) atoms. The number of hydrogen-bond acceptors (Lipinski definition) is 4. The van der Waals surface area contributed by atoms with Crippen LogP contribution in [0.2, 0.25) is 5.02 Å². The maximum Gasteiger partial charge on any atom is 0.179 e. The monoisotopic (exact) mass is 265 g/mol. The molecule has 2 heterocycles. The Morgan fingerprint density at radius 3 is 2.83 bits per heavy atom. The lowest BCUT2D eigenvalue weighted by molar-refractivity contribution is 0.172. The van der Waals surface area contributed by atoms with Crippen molar-refractivity contribution in [3.8, 4) is 22.8 Å². The molecule has 0 unspecified atom stereocenters. The fourth-order valence-corrected chi connectivity index (χ4v) is 2.17. The number of benzene rings is 1. The van der Waals surface area contributed by atoms with Crippen molar-refractivity contribution >= 4 is 17.4 Å². The second kappa shape index (κ2) is 4.10. The molecule has 0 radical (unpaired) electrons. The summed E-state index contributed by atoms with van der Waals surface area (Å²) in [4.78, 5) is 4.26. The zero-order valence-electron chi connectivity index (χ0n) is 9.81. The first-order valence-electron chi connectivity index (χ1n) is 5.53. The molecule has 0 aliphatic carbocycles. The molecule has 0 atom stereocenters. The van der Waals surface area contributed by atoms with Crippen LogP contribution in [0.5, 0.6) is 11.5 Å². The summed E-state index contributed by atoms with van der Waals surface area (Å²) >= 11 is 6.18. The average Bonchev–Trinajstić information content (AvgIpc) is 2.70. The Morgan fingerprint density at radius 2 is 2.11 bits per heavy atom. The number of aryl methyl sites for hydroxylation is 1. The van der Waals surface area contributed by atoms with Gasteiger partial charge in [0, 0.05) is 12.6 Å². The molecule has 6 heteroatoms. The number of aromatic nitrogens is 2. The lowest BCUT2D eigenvalue weighted by Crippen LogP contribution is -2.15. The minimum Gasteiger partial charge on any atom is -0.486 e. The lowest BCUT2D eigenvalue weighted by atomic mass is 10.1. The molecule has 1 aromatic carbocycles. The number of nitrogens with two attached hydrogens (primary N) is 1. The number of nitrogens with zero attached hydrogens (tertiary/aromatic N) is 2. The zero-order valence-corrected chi connectivity index (χ0v) is 10.6. The summed E-state index contributed by atoms with van der Waals surface area (Å²) in [6, 6.07) is 3.63. The molecule has 0 bridgehead atoms. The molecule has 0 saturated heterocycles. The van der Waals surface area contributed by atoms with E-state index in [1.54, 1.807) is 17.0 Å². The van der Waals surface area contributed by atoms with Crippen LogP contribution in [0, 0.1) is 0 Å². The number of ether oxygens (including phenoxy) is 2. The van der Waals surface area contributed by atoms with Gasteiger partial charge in [-0.05, 0) is 12.1 Å². The van der Waals surface area contributed by atoms with E-state index in [9.17, 15) is 0 Å². The molecular weight excluding hydrogens is 254 g/mol. The van der Waals surface area contributed by atoms with Gasteiger partial charge in [-0.25, -0.2) is 4.98 Å². The molecule has 0 spiro atoms. The number of fused-ring (bicyclic) bond motifs is 1. The number of rotatable bonds is 1. The Hall–Kier alpha value is -1.88. The van der Waals surface area contributed by atoms with Crippen molar-refractivity contribution in [1.82, 2.24) is 9.55 Å². The van der Waals surface area contributed by atoms with Crippen LogP contribution >= 0.6 is 11.6 Å². The fraction of sp³-hybridized carbons (Fsp3) is 0.250. The number of imidazole rings is 1. The molecule has 3 rings (SSSR count). The lowest BCUT2D eigenvalue weighted by Gasteiger charge is -2.20. The maximum atomic E-state index is 6.18. The number of nitrogen functional groups attached to an aromatic ring is 1. The van der Waals surface area contributed by atoms with E-state index in [4.69, 9.17) is 26.8 Å². The summed E-state index contributed by atoms with van der Waals surface area (Å²) in [5, 5.41) is 0.507. The van der Waals surface area contributed by atoms with Crippen molar-refractivity contribution in [3.05, 3.63) is 23.5 Å². The second-order valence-corrected chi connectivity index (χ2v) is 4.48. The van der Waals surface area contributed by atoms with E-state index in [1.165, 1.54) is 0 Å². The van der Waals surface area contributed by atoms with E-state index in [0.717, 1.165) is 5.56 Å². The summed E-state index contributed by atoms with van der Waals surface area (Å²) in [7, 11) is 1.84. The van der Waals surface area contributed by atoms with Crippen molar-refractivity contribution in [2.45, 2.75) is 0 Å². The first-order chi connectivity index (χ1) is 8.66. The number of hydrogen-bond donors (Lipinski definition) is 1. The fourth-order valence-electron chi connectivity index (χ4n) is 1.91. The van der Waals surface area contributed by atoms with Crippen molar-refractivity contribution < 1.29 is 9.47 Å². The van der Waals surface area contributed by atoms with E-state index in [0.29, 0.717) is 41.2 Å².